The largest absolute Gasteiger partial charge is 0.254 e. The molecule has 0 aliphatic carbocycles. The Morgan fingerprint density at radius 1 is 2.00 bits per heavy atom. The monoisotopic (exact) mass is 56.1 g/mol. The van der Waals surface area contributed by atoms with Gasteiger partial charge in [-0.1, -0.05) is 6.08 Å². The summed E-state index contributed by atoms with van der Waals surface area (Å²) >= 11 is 0. The maximum atomic E-state index is 6.33. The summed E-state index contributed by atoms with van der Waals surface area (Å²) in [5, 5.41) is 0. The van der Waals surface area contributed by atoms with Gasteiger partial charge >= 0.3 is 0 Å². The van der Waals surface area contributed by atoms with Gasteiger partial charge in [-0.3, -0.25) is 5.73 Å². The second-order valence-electron chi connectivity index (χ2n) is 0.493. The molecule has 0 atom stereocenters. The molecule has 1 nitrogen and oxygen atoms in total. The van der Waals surface area contributed by atoms with E-state index in [1.54, 1.807) is 6.08 Å². The molecule has 0 aromatic rings. The van der Waals surface area contributed by atoms with Crippen LogP contribution in [0.1, 0.15) is 0 Å². The lowest BCUT2D eigenvalue weighted by atomic mass is 10.7. The molecule has 0 saturated heterocycles. The first-order valence-electron chi connectivity index (χ1n) is 1.17. The number of hydrogen-bond donors (Lipinski definition) is 0. The van der Waals surface area contributed by atoms with Gasteiger partial charge in [0.2, 0.25) is 0 Å². The molecule has 0 aromatic carbocycles. The maximum absolute atomic E-state index is 6.33. The molecule has 1 radical (unpaired) electrons. The van der Waals surface area contributed by atoms with Crippen LogP contribution in [0.25, 0.3) is 0 Å². The molecule has 0 bridgehead atoms. The highest BCUT2D eigenvalue weighted by atomic mass is 14.5. The summed E-state index contributed by atoms with van der Waals surface area (Å²) in [7, 11) is 0. The van der Waals surface area contributed by atoms with Gasteiger partial charge in [0.05, 0.1) is 0 Å². The van der Waals surface area contributed by atoms with Crippen molar-refractivity contribution >= 4 is 0 Å². The molecule has 0 spiro atoms. The van der Waals surface area contributed by atoms with Crippen molar-refractivity contribution in [1.29, 1.82) is 0 Å². The van der Waals surface area contributed by atoms with E-state index in [0.717, 1.165) is 0 Å². The first-order chi connectivity index (χ1) is 1.91. The topological polar surface area (TPSA) is 23.8 Å². The van der Waals surface area contributed by atoms with Crippen molar-refractivity contribution in [2.24, 2.45) is 0 Å². The second-order valence-corrected chi connectivity index (χ2v) is 0.493. The Morgan fingerprint density at radius 3 is 2.25 bits per heavy atom. The molecule has 0 unspecified atom stereocenters. The summed E-state index contributed by atoms with van der Waals surface area (Å²) in [6, 6.07) is 0. The summed E-state index contributed by atoms with van der Waals surface area (Å²) in [5.41, 5.74) is 6.33. The third kappa shape index (κ3) is 1.70. The van der Waals surface area contributed by atoms with E-state index in [-0.39, 0.29) is 0 Å². The molecule has 0 fully saturated rings. The third-order valence-corrected chi connectivity index (χ3v) is 0.144. The van der Waals surface area contributed by atoms with E-state index in [1.165, 1.54) is 0 Å². The maximum Gasteiger partial charge on any atom is 0.0278 e. The minimum Gasteiger partial charge on any atom is -0.254 e. The van der Waals surface area contributed by atoms with E-state index in [2.05, 4.69) is 6.58 Å². The molecule has 23 valence electrons. The van der Waals surface area contributed by atoms with Crippen molar-refractivity contribution in [3.63, 3.8) is 0 Å². The number of rotatable bonds is 1. The fourth-order valence-electron chi connectivity index (χ4n) is 0. The molecule has 1 heteroatoms. The molecule has 0 rings (SSSR count). The molecule has 0 aliphatic heterocycles. The quantitative estimate of drug-likeness (QED) is 0.390. The van der Waals surface area contributed by atoms with Crippen molar-refractivity contribution in [2.75, 3.05) is 6.54 Å². The van der Waals surface area contributed by atoms with Crippen LogP contribution in [0.4, 0.5) is 0 Å². The van der Waals surface area contributed by atoms with Crippen molar-refractivity contribution < 1.29 is 0 Å². The van der Waals surface area contributed by atoms with Crippen LogP contribution < -0.4 is 5.73 Å². The van der Waals surface area contributed by atoms with E-state index in [1.807, 2.05) is 0 Å². The van der Waals surface area contributed by atoms with Crippen LogP contribution in [0, 0.1) is 0 Å². The van der Waals surface area contributed by atoms with E-state index in [0.29, 0.717) is 6.54 Å². The Hall–Kier alpha value is -0.300. The minimum atomic E-state index is 0.333. The molecule has 0 aromatic heterocycles. The molecule has 0 aliphatic rings. The van der Waals surface area contributed by atoms with Crippen LogP contribution in [0.5, 0.6) is 0 Å². The van der Waals surface area contributed by atoms with Crippen molar-refractivity contribution in [3.8, 4) is 0 Å². The number of hydrogen-bond acceptors (Lipinski definition) is 0. The predicted molar refractivity (Wildman–Crippen MR) is 18.2 cm³/mol. The van der Waals surface area contributed by atoms with Crippen LogP contribution in [0.2, 0.25) is 0 Å². The van der Waals surface area contributed by atoms with E-state index in [4.69, 9.17) is 5.73 Å². The lowest BCUT2D eigenvalue weighted by Gasteiger charge is -1.58. The Kier molecular flexibility index (Phi) is 2.50. The zero-order chi connectivity index (χ0) is 3.41. The van der Waals surface area contributed by atoms with Gasteiger partial charge in [0.15, 0.2) is 0 Å². The molecular weight excluding hydrogens is 50.0 g/mol. The van der Waals surface area contributed by atoms with Crippen molar-refractivity contribution in [3.05, 3.63) is 12.7 Å². The van der Waals surface area contributed by atoms with Gasteiger partial charge in [-0.2, -0.15) is 0 Å². The highest BCUT2D eigenvalue weighted by molar-refractivity contribution is 4.64. The molecule has 1 N–H and O–H groups in total. The minimum absolute atomic E-state index is 0.333. The molecular formula is C3H6N. The van der Waals surface area contributed by atoms with E-state index in [9.17, 15) is 0 Å². The van der Waals surface area contributed by atoms with Crippen molar-refractivity contribution in [1.82, 2.24) is 5.73 Å². The van der Waals surface area contributed by atoms with Gasteiger partial charge in [0, 0.05) is 6.54 Å². The summed E-state index contributed by atoms with van der Waals surface area (Å²) in [6.07, 6.45) is 1.54. The van der Waals surface area contributed by atoms with Gasteiger partial charge in [0.1, 0.15) is 0 Å². The van der Waals surface area contributed by atoms with Gasteiger partial charge in [-0.25, -0.2) is 0 Å². The average molecular weight is 56.1 g/mol. The second kappa shape index (κ2) is 2.70. The lowest BCUT2D eigenvalue weighted by Crippen LogP contribution is -1.68. The summed E-state index contributed by atoms with van der Waals surface area (Å²) in [5.74, 6) is 0. The van der Waals surface area contributed by atoms with Crippen LogP contribution in [-0.2, 0) is 0 Å². The van der Waals surface area contributed by atoms with Crippen LogP contribution in [0.3, 0.4) is 0 Å². The third-order valence-electron chi connectivity index (χ3n) is 0.144. The zero-order valence-corrected chi connectivity index (χ0v) is 2.49. The summed E-state index contributed by atoms with van der Waals surface area (Å²) in [4.78, 5) is 0. The summed E-state index contributed by atoms with van der Waals surface area (Å²) < 4.78 is 0. The highest BCUT2D eigenvalue weighted by Gasteiger charge is 1.45. The van der Waals surface area contributed by atoms with Gasteiger partial charge in [-0.05, 0) is 0 Å². The van der Waals surface area contributed by atoms with E-state index < -0.39 is 0 Å². The first kappa shape index (κ1) is 3.70. The van der Waals surface area contributed by atoms with Crippen LogP contribution >= 0.6 is 0 Å². The smallest absolute Gasteiger partial charge is 0.0278 e. The van der Waals surface area contributed by atoms with Gasteiger partial charge < -0.3 is 0 Å². The Labute approximate surface area is 26.1 Å². The standard InChI is InChI=1S/C3H6N/c1-2-3-4/h2,4H,1,3H2. The van der Waals surface area contributed by atoms with Crippen LogP contribution in [-0.4, -0.2) is 6.54 Å². The SMILES string of the molecule is C=CC[NH]. The predicted octanol–water partition coefficient (Wildman–Crippen LogP) is 0.455. The lowest BCUT2D eigenvalue weighted by molar-refractivity contribution is 1.20. The molecule has 0 heterocycles. The molecule has 0 amide bonds. The first-order valence-corrected chi connectivity index (χ1v) is 1.17. The molecule has 4 heavy (non-hydrogen) atoms. The van der Waals surface area contributed by atoms with Gasteiger partial charge in [-0.15, -0.1) is 6.58 Å². The Morgan fingerprint density at radius 2 is 2.25 bits per heavy atom. The van der Waals surface area contributed by atoms with Gasteiger partial charge in [0.25, 0.3) is 0 Å². The summed E-state index contributed by atoms with van der Waals surface area (Å²) in [6.45, 7) is 3.62. The van der Waals surface area contributed by atoms with E-state index >= 15 is 0 Å². The van der Waals surface area contributed by atoms with Crippen LogP contribution in [0.15, 0.2) is 12.7 Å². The average Bonchev–Trinajstić information content (AvgIpc) is 1.37. The Bertz CT molecular complexity index is 17.2. The number of nitrogens with one attached hydrogen (secondary N) is 1. The fraction of sp³-hybridized carbons (Fsp3) is 0.333. The van der Waals surface area contributed by atoms with Crippen molar-refractivity contribution in [2.45, 2.75) is 0 Å². The zero-order valence-electron chi connectivity index (χ0n) is 2.49. The molecule has 0 saturated carbocycles. The Balaban J connectivity index is 2.30. The highest BCUT2D eigenvalue weighted by Crippen LogP contribution is 1.44. The normalized spacial score (nSPS) is 6.25. The fourth-order valence-corrected chi connectivity index (χ4v) is 0.